The standard InChI is InChI=1S/C16H24O3S/c17-15(13-9-12-1-2-14(13)19-12)11-3-6-18-16(10-11)4-7-20-8-5-16/h11-14H,1-10H2. The van der Waals surface area contributed by atoms with E-state index in [1.165, 1.54) is 17.9 Å². The van der Waals surface area contributed by atoms with Gasteiger partial charge in [-0.3, -0.25) is 4.79 Å². The van der Waals surface area contributed by atoms with Crippen LogP contribution < -0.4 is 0 Å². The van der Waals surface area contributed by atoms with Crippen LogP contribution in [0, 0.1) is 11.8 Å². The number of hydrogen-bond acceptors (Lipinski definition) is 4. The molecular weight excluding hydrogens is 272 g/mol. The molecule has 0 aromatic carbocycles. The van der Waals surface area contributed by atoms with Crippen LogP contribution in [0.2, 0.25) is 0 Å². The minimum atomic E-state index is 0.0301. The lowest BCUT2D eigenvalue weighted by molar-refractivity contribution is -0.143. The zero-order valence-corrected chi connectivity index (χ0v) is 12.8. The van der Waals surface area contributed by atoms with E-state index in [1.54, 1.807) is 0 Å². The molecule has 0 amide bonds. The van der Waals surface area contributed by atoms with Crippen molar-refractivity contribution in [1.82, 2.24) is 0 Å². The fourth-order valence-electron chi connectivity index (χ4n) is 4.60. The van der Waals surface area contributed by atoms with E-state index in [4.69, 9.17) is 9.47 Å². The van der Waals surface area contributed by atoms with Crippen LogP contribution >= 0.6 is 11.8 Å². The summed E-state index contributed by atoms with van der Waals surface area (Å²) in [6.45, 7) is 0.781. The number of ketones is 1. The van der Waals surface area contributed by atoms with Gasteiger partial charge in [-0.05, 0) is 56.5 Å². The van der Waals surface area contributed by atoms with Gasteiger partial charge in [-0.25, -0.2) is 0 Å². The summed E-state index contributed by atoms with van der Waals surface area (Å²) in [6.07, 6.45) is 8.06. The molecule has 0 aromatic heterocycles. The predicted molar refractivity (Wildman–Crippen MR) is 79.0 cm³/mol. The number of carbonyl (C=O) groups excluding carboxylic acids is 1. The molecule has 4 aliphatic heterocycles. The Morgan fingerprint density at radius 1 is 1.15 bits per heavy atom. The first kappa shape index (κ1) is 13.6. The Balaban J connectivity index is 1.44. The molecule has 0 saturated carbocycles. The lowest BCUT2D eigenvalue weighted by atomic mass is 9.74. The summed E-state index contributed by atoms with van der Waals surface area (Å²) < 4.78 is 12.0. The molecule has 0 N–H and O–H groups in total. The van der Waals surface area contributed by atoms with Gasteiger partial charge in [0.15, 0.2) is 0 Å². The smallest absolute Gasteiger partial charge is 0.141 e. The number of thioether (sulfide) groups is 1. The number of fused-ring (bicyclic) bond motifs is 2. The van der Waals surface area contributed by atoms with Gasteiger partial charge in [0, 0.05) is 18.4 Å². The molecule has 4 unspecified atom stereocenters. The van der Waals surface area contributed by atoms with Gasteiger partial charge in [0.2, 0.25) is 0 Å². The third-order valence-corrected chi connectivity index (χ3v) is 6.76. The zero-order valence-electron chi connectivity index (χ0n) is 12.0. The first-order chi connectivity index (χ1) is 9.76. The summed E-state index contributed by atoms with van der Waals surface area (Å²) in [7, 11) is 0. The Morgan fingerprint density at radius 3 is 2.70 bits per heavy atom. The summed E-state index contributed by atoms with van der Waals surface area (Å²) >= 11 is 2.02. The van der Waals surface area contributed by atoms with E-state index in [9.17, 15) is 4.79 Å². The van der Waals surface area contributed by atoms with Crippen LogP contribution in [0.3, 0.4) is 0 Å². The molecule has 20 heavy (non-hydrogen) atoms. The van der Waals surface area contributed by atoms with Crippen LogP contribution in [-0.4, -0.2) is 41.7 Å². The maximum atomic E-state index is 12.9. The SMILES string of the molecule is O=C(C1CCOC2(CCSCC2)C1)C1CC2CCC1O2. The van der Waals surface area contributed by atoms with Gasteiger partial charge >= 0.3 is 0 Å². The summed E-state index contributed by atoms with van der Waals surface area (Å²) in [5.41, 5.74) is 0.0301. The first-order valence-electron chi connectivity index (χ1n) is 8.17. The molecular formula is C16H24O3S. The Kier molecular flexibility index (Phi) is 3.60. The Bertz CT molecular complexity index is 386. The van der Waals surface area contributed by atoms with Crippen molar-refractivity contribution in [3.8, 4) is 0 Å². The molecule has 4 rings (SSSR count). The molecule has 4 fully saturated rings. The van der Waals surface area contributed by atoms with E-state index >= 15 is 0 Å². The lowest BCUT2D eigenvalue weighted by Crippen LogP contribution is -2.46. The average molecular weight is 296 g/mol. The number of carbonyl (C=O) groups is 1. The molecule has 3 nitrogen and oxygen atoms in total. The quantitative estimate of drug-likeness (QED) is 0.785. The van der Waals surface area contributed by atoms with E-state index in [1.807, 2.05) is 11.8 Å². The van der Waals surface area contributed by atoms with Crippen LogP contribution in [0.4, 0.5) is 0 Å². The van der Waals surface area contributed by atoms with E-state index in [0.717, 1.165) is 45.1 Å². The third-order valence-electron chi connectivity index (χ3n) is 5.77. The monoisotopic (exact) mass is 296 g/mol. The van der Waals surface area contributed by atoms with E-state index in [2.05, 4.69) is 0 Å². The highest BCUT2D eigenvalue weighted by molar-refractivity contribution is 7.99. The van der Waals surface area contributed by atoms with Gasteiger partial charge in [0.1, 0.15) is 5.78 Å². The van der Waals surface area contributed by atoms with Crippen LogP contribution in [-0.2, 0) is 14.3 Å². The van der Waals surface area contributed by atoms with Crippen molar-refractivity contribution in [3.05, 3.63) is 0 Å². The van der Waals surface area contributed by atoms with Crippen molar-refractivity contribution >= 4 is 17.5 Å². The molecule has 4 saturated heterocycles. The second-order valence-electron chi connectivity index (χ2n) is 6.95. The van der Waals surface area contributed by atoms with Crippen molar-refractivity contribution in [3.63, 3.8) is 0 Å². The second kappa shape index (κ2) is 5.29. The number of rotatable bonds is 2. The Hall–Kier alpha value is -0.0600. The highest BCUT2D eigenvalue weighted by Gasteiger charge is 2.48. The van der Waals surface area contributed by atoms with Crippen molar-refractivity contribution in [2.24, 2.45) is 11.8 Å². The topological polar surface area (TPSA) is 35.5 Å². The van der Waals surface area contributed by atoms with Crippen molar-refractivity contribution in [2.45, 2.75) is 62.8 Å². The van der Waals surface area contributed by atoms with Crippen LogP contribution in [0.25, 0.3) is 0 Å². The highest BCUT2D eigenvalue weighted by Crippen LogP contribution is 2.44. The van der Waals surface area contributed by atoms with Gasteiger partial charge in [0.25, 0.3) is 0 Å². The molecule has 1 spiro atoms. The fourth-order valence-corrected chi connectivity index (χ4v) is 5.84. The molecule has 112 valence electrons. The lowest BCUT2D eigenvalue weighted by Gasteiger charge is -2.43. The fraction of sp³-hybridized carbons (Fsp3) is 0.938. The molecule has 2 bridgehead atoms. The van der Waals surface area contributed by atoms with Crippen molar-refractivity contribution in [1.29, 1.82) is 0 Å². The number of Topliss-reactive ketones (excluding diaryl/α,β-unsaturated/α-hetero) is 1. The van der Waals surface area contributed by atoms with Crippen LogP contribution in [0.5, 0.6) is 0 Å². The predicted octanol–water partition coefficient (Wildman–Crippen LogP) is 2.82. The molecule has 0 aliphatic carbocycles. The maximum Gasteiger partial charge on any atom is 0.141 e. The summed E-state index contributed by atoms with van der Waals surface area (Å²) in [6, 6.07) is 0. The molecule has 0 radical (unpaired) electrons. The average Bonchev–Trinajstić information content (AvgIpc) is 3.10. The van der Waals surface area contributed by atoms with Crippen molar-refractivity contribution in [2.75, 3.05) is 18.1 Å². The summed E-state index contributed by atoms with van der Waals surface area (Å²) in [4.78, 5) is 12.9. The summed E-state index contributed by atoms with van der Waals surface area (Å²) in [5, 5.41) is 0. The summed E-state index contributed by atoms with van der Waals surface area (Å²) in [5.74, 6) is 3.32. The van der Waals surface area contributed by atoms with Gasteiger partial charge in [-0.1, -0.05) is 0 Å². The van der Waals surface area contributed by atoms with E-state index in [0.29, 0.717) is 11.9 Å². The Labute approximate surface area is 125 Å². The normalized spacial score (nSPS) is 43.0. The zero-order chi connectivity index (χ0) is 13.6. The largest absolute Gasteiger partial charge is 0.375 e. The van der Waals surface area contributed by atoms with Crippen LogP contribution in [0.1, 0.15) is 44.9 Å². The minimum Gasteiger partial charge on any atom is -0.375 e. The first-order valence-corrected chi connectivity index (χ1v) is 9.32. The number of hydrogen-bond donors (Lipinski definition) is 0. The van der Waals surface area contributed by atoms with E-state index in [-0.39, 0.29) is 23.5 Å². The Morgan fingerprint density at radius 2 is 2.00 bits per heavy atom. The van der Waals surface area contributed by atoms with Crippen LogP contribution in [0.15, 0.2) is 0 Å². The van der Waals surface area contributed by atoms with Gasteiger partial charge < -0.3 is 9.47 Å². The number of ether oxygens (including phenoxy) is 2. The van der Waals surface area contributed by atoms with Gasteiger partial charge in [-0.2, -0.15) is 11.8 Å². The second-order valence-corrected chi connectivity index (χ2v) is 8.18. The third kappa shape index (κ3) is 2.34. The molecule has 4 atom stereocenters. The minimum absolute atomic E-state index is 0.0301. The van der Waals surface area contributed by atoms with Gasteiger partial charge in [0.05, 0.1) is 17.8 Å². The molecule has 4 aliphatic rings. The molecule has 0 aromatic rings. The molecule has 4 heterocycles. The van der Waals surface area contributed by atoms with E-state index < -0.39 is 0 Å². The van der Waals surface area contributed by atoms with Crippen molar-refractivity contribution < 1.29 is 14.3 Å². The highest BCUT2D eigenvalue weighted by atomic mass is 32.2. The maximum absolute atomic E-state index is 12.9. The van der Waals surface area contributed by atoms with Gasteiger partial charge in [-0.15, -0.1) is 0 Å². The molecule has 4 heteroatoms.